The van der Waals surface area contributed by atoms with Gasteiger partial charge in [0.2, 0.25) is 0 Å². The first-order valence-corrected chi connectivity index (χ1v) is 9.59. The largest absolute Gasteiger partial charge is 0.494 e. The highest BCUT2D eigenvalue weighted by Gasteiger charge is 2.32. The zero-order valence-corrected chi connectivity index (χ0v) is 16.2. The molecule has 134 valence electrons. The summed E-state index contributed by atoms with van der Waals surface area (Å²) in [5.41, 5.74) is 1.57. The Labute approximate surface area is 162 Å². The Kier molecular flexibility index (Phi) is 6.01. The first kappa shape index (κ1) is 18.5. The lowest BCUT2D eigenvalue weighted by molar-refractivity contribution is -0.122. The third kappa shape index (κ3) is 4.11. The minimum absolute atomic E-state index is 0.0508. The highest BCUT2D eigenvalue weighted by atomic mass is 35.5. The first-order valence-electron chi connectivity index (χ1n) is 8.40. The van der Waals surface area contributed by atoms with Crippen LogP contribution in [0.15, 0.2) is 58.4 Å². The van der Waals surface area contributed by atoms with Crippen molar-refractivity contribution in [3.05, 3.63) is 64.0 Å². The molecule has 0 bridgehead atoms. The van der Waals surface area contributed by atoms with Gasteiger partial charge < -0.3 is 4.74 Å². The summed E-state index contributed by atoms with van der Waals surface area (Å²) in [5.74, 6) is 0.736. The molecule has 0 saturated carbocycles. The van der Waals surface area contributed by atoms with Gasteiger partial charge in [0, 0.05) is 6.54 Å². The number of hydrogen-bond donors (Lipinski definition) is 0. The molecule has 1 aliphatic heterocycles. The van der Waals surface area contributed by atoms with Crippen LogP contribution in [0.2, 0.25) is 5.02 Å². The van der Waals surface area contributed by atoms with Crippen LogP contribution < -0.4 is 4.74 Å². The molecule has 0 N–H and O–H groups in total. The number of benzene rings is 2. The molecule has 26 heavy (non-hydrogen) atoms. The molecule has 0 radical (unpaired) electrons. The second-order valence-electron chi connectivity index (χ2n) is 5.51. The summed E-state index contributed by atoms with van der Waals surface area (Å²) in [6.07, 6.45) is 1.87. The fourth-order valence-electron chi connectivity index (χ4n) is 2.53. The summed E-state index contributed by atoms with van der Waals surface area (Å²) in [4.78, 5) is 19.6. The molecule has 1 fully saturated rings. The molecule has 3 rings (SSSR count). The van der Waals surface area contributed by atoms with Gasteiger partial charge in [0.05, 0.1) is 22.2 Å². The molecule has 2 aromatic carbocycles. The van der Waals surface area contributed by atoms with Gasteiger partial charge in [-0.2, -0.15) is 0 Å². The topological polar surface area (TPSA) is 41.9 Å². The predicted molar refractivity (Wildman–Crippen MR) is 109 cm³/mol. The third-order valence-electron chi connectivity index (χ3n) is 3.74. The van der Waals surface area contributed by atoms with Gasteiger partial charge in [-0.05, 0) is 61.5 Å². The molecule has 1 aliphatic rings. The molecular weight excluding hydrogens is 368 g/mol. The first-order chi connectivity index (χ1) is 12.6. The Bertz CT molecular complexity index is 880. The van der Waals surface area contributed by atoms with Gasteiger partial charge >= 0.3 is 0 Å². The number of para-hydroxylation sites is 1. The summed E-state index contributed by atoms with van der Waals surface area (Å²) in [5, 5.41) is 1.20. The van der Waals surface area contributed by atoms with E-state index in [0.717, 1.165) is 11.3 Å². The molecule has 1 amide bonds. The zero-order chi connectivity index (χ0) is 18.5. The van der Waals surface area contributed by atoms with Crippen molar-refractivity contribution in [3.63, 3.8) is 0 Å². The van der Waals surface area contributed by atoms with Gasteiger partial charge in [-0.15, -0.1) is 0 Å². The van der Waals surface area contributed by atoms with E-state index in [-0.39, 0.29) is 5.91 Å². The summed E-state index contributed by atoms with van der Waals surface area (Å²) < 4.78 is 5.52. The fourth-order valence-corrected chi connectivity index (χ4v) is 3.76. The Balaban J connectivity index is 1.92. The van der Waals surface area contributed by atoms with Crippen molar-refractivity contribution in [2.45, 2.75) is 13.8 Å². The maximum atomic E-state index is 12.7. The number of ether oxygens (including phenoxy) is 1. The van der Waals surface area contributed by atoms with Crippen LogP contribution >= 0.6 is 23.4 Å². The summed E-state index contributed by atoms with van der Waals surface area (Å²) in [7, 11) is 0. The lowest BCUT2D eigenvalue weighted by atomic mass is 10.2. The minimum Gasteiger partial charge on any atom is -0.494 e. The van der Waals surface area contributed by atoms with Gasteiger partial charge in [-0.25, -0.2) is 4.99 Å². The smallest absolute Gasteiger partial charge is 0.266 e. The van der Waals surface area contributed by atoms with Crippen LogP contribution in [0, 0.1) is 0 Å². The number of carbonyl (C=O) groups excluding carboxylic acids is 1. The Morgan fingerprint density at radius 1 is 1.19 bits per heavy atom. The van der Waals surface area contributed by atoms with E-state index in [1.807, 2.05) is 62.4 Å². The average molecular weight is 387 g/mol. The number of hydrogen-bond acceptors (Lipinski definition) is 4. The second kappa shape index (κ2) is 8.43. The van der Waals surface area contributed by atoms with Crippen molar-refractivity contribution >= 4 is 46.2 Å². The van der Waals surface area contributed by atoms with Gasteiger partial charge in [0.15, 0.2) is 5.17 Å². The second-order valence-corrected chi connectivity index (χ2v) is 6.93. The quantitative estimate of drug-likeness (QED) is 0.649. The van der Waals surface area contributed by atoms with Crippen molar-refractivity contribution in [3.8, 4) is 5.75 Å². The van der Waals surface area contributed by atoms with Crippen LogP contribution in [-0.2, 0) is 4.79 Å². The van der Waals surface area contributed by atoms with E-state index in [1.54, 1.807) is 11.0 Å². The monoisotopic (exact) mass is 386 g/mol. The van der Waals surface area contributed by atoms with Crippen LogP contribution in [-0.4, -0.2) is 29.1 Å². The van der Waals surface area contributed by atoms with Crippen molar-refractivity contribution in [1.29, 1.82) is 0 Å². The maximum absolute atomic E-state index is 12.7. The van der Waals surface area contributed by atoms with E-state index in [0.29, 0.717) is 33.9 Å². The van der Waals surface area contributed by atoms with E-state index in [9.17, 15) is 4.79 Å². The molecular formula is C20H19ClN2O2S. The number of nitrogens with zero attached hydrogens (tertiary/aromatic N) is 2. The van der Waals surface area contributed by atoms with E-state index in [1.165, 1.54) is 11.8 Å². The van der Waals surface area contributed by atoms with Gasteiger partial charge in [0.25, 0.3) is 5.91 Å². The molecule has 0 aromatic heterocycles. The average Bonchev–Trinajstić information content (AvgIpc) is 2.92. The predicted octanol–water partition coefficient (Wildman–Crippen LogP) is 5.36. The van der Waals surface area contributed by atoms with Gasteiger partial charge in [-0.1, -0.05) is 35.9 Å². The number of rotatable bonds is 5. The van der Waals surface area contributed by atoms with E-state index >= 15 is 0 Å². The minimum atomic E-state index is -0.0508. The molecule has 0 atom stereocenters. The normalized spacial score (nSPS) is 17.3. The van der Waals surface area contributed by atoms with Crippen LogP contribution in [0.5, 0.6) is 5.75 Å². The molecule has 2 aromatic rings. The van der Waals surface area contributed by atoms with Crippen LogP contribution in [0.3, 0.4) is 0 Å². The Hall–Kier alpha value is -2.24. The lowest BCUT2D eigenvalue weighted by Crippen LogP contribution is -2.28. The molecule has 0 spiro atoms. The molecule has 0 aliphatic carbocycles. The van der Waals surface area contributed by atoms with E-state index < -0.39 is 0 Å². The highest BCUT2D eigenvalue weighted by Crippen LogP contribution is 2.35. The van der Waals surface area contributed by atoms with E-state index in [2.05, 4.69) is 4.99 Å². The van der Waals surface area contributed by atoms with Crippen LogP contribution in [0.25, 0.3) is 6.08 Å². The zero-order valence-electron chi connectivity index (χ0n) is 14.6. The summed E-state index contributed by atoms with van der Waals surface area (Å²) >= 11 is 7.55. The van der Waals surface area contributed by atoms with Crippen molar-refractivity contribution in [2.24, 2.45) is 4.99 Å². The number of thioether (sulfide) groups is 1. The number of aliphatic imine (C=N–C) groups is 1. The number of halogens is 1. The lowest BCUT2D eigenvalue weighted by Gasteiger charge is -2.12. The van der Waals surface area contributed by atoms with Crippen LogP contribution in [0.1, 0.15) is 19.4 Å². The van der Waals surface area contributed by atoms with Crippen molar-refractivity contribution in [1.82, 2.24) is 4.90 Å². The number of amidine groups is 1. The Morgan fingerprint density at radius 2 is 2.00 bits per heavy atom. The standard InChI is InChI=1S/C20H19ClN2O2S/c1-3-23-19(24)18(13-14-8-7-9-15(12-14)25-4-2)26-20(23)22-17-11-6-5-10-16(17)21/h5-13H,3-4H2,1-2H3/b18-13+,22-20?. The van der Waals surface area contributed by atoms with Crippen molar-refractivity contribution < 1.29 is 9.53 Å². The summed E-state index contributed by atoms with van der Waals surface area (Å²) in [6, 6.07) is 15.0. The SMILES string of the molecule is CCOc1cccc(/C=C2/SC(=Nc3ccccc3Cl)N(CC)C2=O)c1. The highest BCUT2D eigenvalue weighted by molar-refractivity contribution is 8.18. The number of likely N-dealkylation sites (N-methyl/N-ethyl adjacent to an activating group) is 1. The van der Waals surface area contributed by atoms with Crippen LogP contribution in [0.4, 0.5) is 5.69 Å². The van der Waals surface area contributed by atoms with Gasteiger partial charge in [-0.3, -0.25) is 9.69 Å². The molecule has 1 heterocycles. The molecule has 6 heteroatoms. The van der Waals surface area contributed by atoms with E-state index in [4.69, 9.17) is 16.3 Å². The molecule has 0 unspecified atom stereocenters. The molecule has 1 saturated heterocycles. The third-order valence-corrected chi connectivity index (χ3v) is 5.07. The van der Waals surface area contributed by atoms with Gasteiger partial charge in [0.1, 0.15) is 5.75 Å². The molecule has 4 nitrogen and oxygen atoms in total. The number of amides is 1. The summed E-state index contributed by atoms with van der Waals surface area (Å²) in [6.45, 7) is 5.02. The Morgan fingerprint density at radius 3 is 2.73 bits per heavy atom. The van der Waals surface area contributed by atoms with Crippen molar-refractivity contribution in [2.75, 3.05) is 13.2 Å². The maximum Gasteiger partial charge on any atom is 0.266 e. The number of carbonyl (C=O) groups is 1. The fraction of sp³-hybridized carbons (Fsp3) is 0.200.